The lowest BCUT2D eigenvalue weighted by Gasteiger charge is -2.36. The van der Waals surface area contributed by atoms with Crippen molar-refractivity contribution >= 4 is 0 Å². The summed E-state index contributed by atoms with van der Waals surface area (Å²) in [4.78, 5) is 0. The van der Waals surface area contributed by atoms with E-state index in [4.69, 9.17) is 9.47 Å². The van der Waals surface area contributed by atoms with Crippen molar-refractivity contribution in [2.24, 2.45) is 0 Å². The summed E-state index contributed by atoms with van der Waals surface area (Å²) in [6, 6.07) is 16.2. The molecule has 0 spiro atoms. The molecule has 2 unspecified atom stereocenters. The second kappa shape index (κ2) is 9.47. The van der Waals surface area contributed by atoms with Crippen LogP contribution in [0.4, 0.5) is 0 Å². The van der Waals surface area contributed by atoms with Crippen molar-refractivity contribution in [3.63, 3.8) is 0 Å². The smallest absolute Gasteiger partial charge is 0.210 e. The fraction of sp³-hybridized carbons (Fsp3) is 0.520. The van der Waals surface area contributed by atoms with Crippen LogP contribution in [0, 0.1) is 0 Å². The van der Waals surface area contributed by atoms with Gasteiger partial charge in [-0.1, -0.05) is 44.5 Å². The van der Waals surface area contributed by atoms with E-state index in [2.05, 4.69) is 38.1 Å². The first-order valence-electron chi connectivity index (χ1n) is 10.7. The van der Waals surface area contributed by atoms with Gasteiger partial charge < -0.3 is 14.6 Å². The van der Waals surface area contributed by atoms with E-state index in [1.165, 1.54) is 30.4 Å². The highest BCUT2D eigenvalue weighted by atomic mass is 16.7. The van der Waals surface area contributed by atoms with Gasteiger partial charge in [0.15, 0.2) is 0 Å². The minimum atomic E-state index is -0.447. The van der Waals surface area contributed by atoms with Crippen molar-refractivity contribution in [3.8, 4) is 11.5 Å². The average Bonchev–Trinajstić information content (AvgIpc) is 2.74. The summed E-state index contributed by atoms with van der Waals surface area (Å²) in [5.74, 6) is 1.72. The maximum Gasteiger partial charge on any atom is 0.210 e. The Kier molecular flexibility index (Phi) is 7.01. The Hall–Kier alpha value is -2.00. The van der Waals surface area contributed by atoms with Gasteiger partial charge in [0, 0.05) is 20.0 Å². The molecule has 3 nitrogen and oxygen atoms in total. The molecule has 1 aliphatic rings. The molecular weight excluding hydrogens is 348 g/mol. The molecular formula is C25H34O3. The van der Waals surface area contributed by atoms with E-state index in [0.717, 1.165) is 31.4 Å². The summed E-state index contributed by atoms with van der Waals surface area (Å²) in [6.07, 6.45) is 7.71. The van der Waals surface area contributed by atoms with Gasteiger partial charge in [0.2, 0.25) is 5.79 Å². The van der Waals surface area contributed by atoms with E-state index in [1.807, 2.05) is 12.1 Å². The third-order valence-corrected chi connectivity index (χ3v) is 6.24. The van der Waals surface area contributed by atoms with E-state index < -0.39 is 5.79 Å². The maximum atomic E-state index is 9.53. The SMILES string of the molecule is CCC(CC(C)c1ccc(OC2(OC)CCCCC2)cc1)c1ccc(O)cc1. The third kappa shape index (κ3) is 5.08. The van der Waals surface area contributed by atoms with Crippen molar-refractivity contribution in [1.29, 1.82) is 0 Å². The number of ether oxygens (including phenoxy) is 2. The Labute approximate surface area is 169 Å². The van der Waals surface area contributed by atoms with Crippen LogP contribution in [0.5, 0.6) is 11.5 Å². The molecule has 2 aromatic carbocycles. The molecule has 1 fully saturated rings. The highest BCUT2D eigenvalue weighted by Gasteiger charge is 2.34. The molecule has 0 radical (unpaired) electrons. The number of hydrogen-bond acceptors (Lipinski definition) is 3. The molecule has 2 aromatic rings. The van der Waals surface area contributed by atoms with Crippen LogP contribution in [-0.2, 0) is 4.74 Å². The van der Waals surface area contributed by atoms with Crippen molar-refractivity contribution in [1.82, 2.24) is 0 Å². The number of phenols is 1. The Balaban J connectivity index is 1.64. The molecule has 3 rings (SSSR count). The van der Waals surface area contributed by atoms with Gasteiger partial charge in [0.05, 0.1) is 0 Å². The monoisotopic (exact) mass is 382 g/mol. The summed E-state index contributed by atoms with van der Waals surface area (Å²) in [5, 5.41) is 9.53. The van der Waals surface area contributed by atoms with Crippen LogP contribution in [0.15, 0.2) is 48.5 Å². The molecule has 0 aromatic heterocycles. The van der Waals surface area contributed by atoms with E-state index in [-0.39, 0.29) is 0 Å². The second-order valence-electron chi connectivity index (χ2n) is 8.18. The molecule has 152 valence electrons. The molecule has 0 bridgehead atoms. The van der Waals surface area contributed by atoms with Crippen molar-refractivity contribution < 1.29 is 14.6 Å². The van der Waals surface area contributed by atoms with Crippen LogP contribution < -0.4 is 4.74 Å². The minimum absolute atomic E-state index is 0.328. The quantitative estimate of drug-likeness (QED) is 0.512. The average molecular weight is 383 g/mol. The molecule has 1 N–H and O–H groups in total. The number of hydrogen-bond donors (Lipinski definition) is 1. The van der Waals surface area contributed by atoms with Gasteiger partial charge in [-0.3, -0.25) is 0 Å². The molecule has 3 heteroatoms. The van der Waals surface area contributed by atoms with Gasteiger partial charge in [0.25, 0.3) is 0 Å². The molecule has 2 atom stereocenters. The van der Waals surface area contributed by atoms with Gasteiger partial charge in [-0.25, -0.2) is 0 Å². The molecule has 1 aliphatic carbocycles. The van der Waals surface area contributed by atoms with Gasteiger partial charge >= 0.3 is 0 Å². The lowest BCUT2D eigenvalue weighted by molar-refractivity contribution is -0.182. The lowest BCUT2D eigenvalue weighted by atomic mass is 9.84. The Morgan fingerprint density at radius 2 is 1.54 bits per heavy atom. The van der Waals surface area contributed by atoms with Crippen molar-refractivity contribution in [3.05, 3.63) is 59.7 Å². The zero-order chi connectivity index (χ0) is 20.0. The van der Waals surface area contributed by atoms with E-state index >= 15 is 0 Å². The predicted octanol–water partition coefficient (Wildman–Crippen LogP) is 6.77. The van der Waals surface area contributed by atoms with Gasteiger partial charge in [-0.15, -0.1) is 0 Å². The second-order valence-corrected chi connectivity index (χ2v) is 8.18. The first kappa shape index (κ1) is 20.7. The Morgan fingerprint density at radius 1 is 0.929 bits per heavy atom. The van der Waals surface area contributed by atoms with Crippen LogP contribution in [0.1, 0.15) is 81.8 Å². The summed E-state index contributed by atoms with van der Waals surface area (Å²) < 4.78 is 12.0. The van der Waals surface area contributed by atoms with Gasteiger partial charge in [-0.05, 0) is 72.9 Å². The van der Waals surface area contributed by atoms with E-state index in [1.54, 1.807) is 19.2 Å². The normalized spacial score (nSPS) is 18.4. The number of rotatable bonds is 8. The third-order valence-electron chi connectivity index (χ3n) is 6.24. The van der Waals surface area contributed by atoms with Crippen molar-refractivity contribution in [2.45, 2.75) is 76.4 Å². The Morgan fingerprint density at radius 3 is 2.11 bits per heavy atom. The zero-order valence-corrected chi connectivity index (χ0v) is 17.5. The first-order chi connectivity index (χ1) is 13.5. The fourth-order valence-electron chi connectivity index (χ4n) is 4.37. The molecule has 0 amide bonds. The van der Waals surface area contributed by atoms with Crippen LogP contribution in [0.3, 0.4) is 0 Å². The number of benzene rings is 2. The minimum Gasteiger partial charge on any atom is -0.508 e. The number of aromatic hydroxyl groups is 1. The zero-order valence-electron chi connectivity index (χ0n) is 17.5. The van der Waals surface area contributed by atoms with E-state index in [9.17, 15) is 5.11 Å². The topological polar surface area (TPSA) is 38.7 Å². The van der Waals surface area contributed by atoms with Gasteiger partial charge in [0.1, 0.15) is 11.5 Å². The standard InChI is InChI=1S/C25H34O3/c1-4-20(22-8-12-23(26)13-9-22)18-19(2)21-10-14-24(15-11-21)28-25(27-3)16-6-5-7-17-25/h8-15,19-20,26H,4-7,16-18H2,1-3H3. The predicted molar refractivity (Wildman–Crippen MR) is 114 cm³/mol. The van der Waals surface area contributed by atoms with Crippen molar-refractivity contribution in [2.75, 3.05) is 7.11 Å². The van der Waals surface area contributed by atoms with Crippen LogP contribution in [0.25, 0.3) is 0 Å². The molecule has 1 saturated carbocycles. The molecule has 0 heterocycles. The summed E-state index contributed by atoms with van der Waals surface area (Å²) in [7, 11) is 1.76. The largest absolute Gasteiger partial charge is 0.508 e. The first-order valence-corrected chi connectivity index (χ1v) is 10.7. The summed E-state index contributed by atoms with van der Waals surface area (Å²) >= 11 is 0. The molecule has 0 aliphatic heterocycles. The lowest BCUT2D eigenvalue weighted by Crippen LogP contribution is -2.40. The van der Waals surface area contributed by atoms with Crippen LogP contribution in [0.2, 0.25) is 0 Å². The van der Waals surface area contributed by atoms with Gasteiger partial charge in [-0.2, -0.15) is 0 Å². The van der Waals surface area contributed by atoms with Crippen LogP contribution in [-0.4, -0.2) is 18.0 Å². The maximum absolute atomic E-state index is 9.53. The number of methoxy groups -OCH3 is 1. The van der Waals surface area contributed by atoms with E-state index in [0.29, 0.717) is 17.6 Å². The van der Waals surface area contributed by atoms with Crippen LogP contribution >= 0.6 is 0 Å². The summed E-state index contributed by atoms with van der Waals surface area (Å²) in [6.45, 7) is 4.52. The highest BCUT2D eigenvalue weighted by molar-refractivity contribution is 5.31. The Bertz CT molecular complexity index is 714. The highest BCUT2D eigenvalue weighted by Crippen LogP contribution is 2.36. The molecule has 0 saturated heterocycles. The fourth-order valence-corrected chi connectivity index (χ4v) is 4.37. The summed E-state index contributed by atoms with van der Waals surface area (Å²) in [5.41, 5.74) is 2.63. The number of phenolic OH excluding ortho intramolecular Hbond substituents is 1. The molecule has 28 heavy (non-hydrogen) atoms.